The number of hydrogen-bond acceptors (Lipinski definition) is 2. The van der Waals surface area contributed by atoms with Gasteiger partial charge in [0.2, 0.25) is 0 Å². The molecule has 0 spiro atoms. The van der Waals surface area contributed by atoms with E-state index in [0.717, 1.165) is 60.6 Å². The summed E-state index contributed by atoms with van der Waals surface area (Å²) in [6, 6.07) is 72.2. The highest BCUT2D eigenvalue weighted by atomic mass is 15.0. The van der Waals surface area contributed by atoms with Crippen LogP contribution in [0.1, 0.15) is 5.56 Å². The normalized spacial score (nSPS) is 11.7. The summed E-state index contributed by atoms with van der Waals surface area (Å²) in [5.41, 5.74) is 14.4. The minimum Gasteiger partial charge on any atom is -0.309 e. The number of fused-ring (bicyclic) bond motifs is 3. The molecule has 0 saturated heterocycles. The van der Waals surface area contributed by atoms with Crippen molar-refractivity contribution in [3.63, 3.8) is 0 Å². The van der Waals surface area contributed by atoms with Crippen LogP contribution < -0.4 is 0 Å². The molecule has 0 fully saturated rings. The average molecular weight is 748 g/mol. The van der Waals surface area contributed by atoms with Crippen LogP contribution in [0.2, 0.25) is 0 Å². The van der Waals surface area contributed by atoms with E-state index < -0.39 is 0 Å². The molecule has 0 aliphatic carbocycles. The third-order valence-corrected chi connectivity index (χ3v) is 12.2. The molecule has 0 bridgehead atoms. The van der Waals surface area contributed by atoms with E-state index in [-0.39, 0.29) is 0 Å². The molecule has 0 N–H and O–H groups in total. The van der Waals surface area contributed by atoms with Crippen molar-refractivity contribution in [3.05, 3.63) is 206 Å². The van der Waals surface area contributed by atoms with E-state index in [9.17, 15) is 5.26 Å². The fraction of sp³-hybridized carbons (Fsp3) is 0. The summed E-state index contributed by atoms with van der Waals surface area (Å²) >= 11 is 0. The Balaban J connectivity index is 1.17. The lowest BCUT2D eigenvalue weighted by molar-refractivity contribution is 1.18. The van der Waals surface area contributed by atoms with Gasteiger partial charge in [0.1, 0.15) is 0 Å². The first-order valence-corrected chi connectivity index (χ1v) is 20.0. The Morgan fingerprint density at radius 1 is 0.407 bits per heavy atom. The number of nitrogens with zero attached hydrogens (tertiary/aromatic N) is 3. The van der Waals surface area contributed by atoms with Gasteiger partial charge in [0.25, 0.3) is 0 Å². The number of aromatic nitrogens is 2. The molecule has 0 aliphatic rings. The summed E-state index contributed by atoms with van der Waals surface area (Å²) in [4.78, 5) is 4.83. The zero-order valence-corrected chi connectivity index (χ0v) is 31.9. The topological polar surface area (TPSA) is 41.6 Å². The van der Waals surface area contributed by atoms with Crippen molar-refractivity contribution in [1.82, 2.24) is 9.55 Å². The fourth-order valence-corrected chi connectivity index (χ4v) is 9.69. The monoisotopic (exact) mass is 747 g/mol. The Morgan fingerprint density at radius 3 is 1.63 bits per heavy atom. The molecule has 3 nitrogen and oxygen atoms in total. The number of benzene rings is 10. The Labute approximate surface area is 340 Å². The molecule has 2 heterocycles. The summed E-state index contributed by atoms with van der Waals surface area (Å²) in [6.45, 7) is 0. The van der Waals surface area contributed by atoms with E-state index in [4.69, 9.17) is 4.98 Å². The van der Waals surface area contributed by atoms with Gasteiger partial charge in [0.05, 0.1) is 28.2 Å². The third kappa shape index (κ3) is 4.97. The van der Waals surface area contributed by atoms with Gasteiger partial charge in [0.15, 0.2) is 0 Å². The molecule has 12 rings (SSSR count). The molecule has 0 saturated carbocycles. The lowest BCUT2D eigenvalue weighted by atomic mass is 9.83. The highest BCUT2D eigenvalue weighted by molar-refractivity contribution is 6.28. The van der Waals surface area contributed by atoms with Crippen molar-refractivity contribution >= 4 is 65.0 Å². The minimum absolute atomic E-state index is 0.690. The third-order valence-electron chi connectivity index (χ3n) is 12.2. The van der Waals surface area contributed by atoms with Crippen molar-refractivity contribution in [3.8, 4) is 56.3 Å². The first-order valence-electron chi connectivity index (χ1n) is 20.0. The molecule has 0 radical (unpaired) electrons. The standard InChI is InChI=1S/C56H33N3/c57-34-40-23-29-50-54-43(40)26-27-45-42(28-30-51(55(45)54)59(50)41-18-8-3-9-19-41)38-21-24-46-48(32-38)52(35-12-4-1-5-13-35)47-25-22-39(33-49(47)53(46)36-14-6-2-7-15-36)44-20-10-16-37-17-11-31-58-56(37)44/h1-33H. The second-order valence-electron chi connectivity index (χ2n) is 15.3. The van der Waals surface area contributed by atoms with E-state index in [1.807, 2.05) is 18.3 Å². The molecule has 0 aliphatic heterocycles. The summed E-state index contributed by atoms with van der Waals surface area (Å²) in [5.74, 6) is 0. The van der Waals surface area contributed by atoms with Gasteiger partial charge in [-0.15, -0.1) is 0 Å². The number of nitriles is 1. The van der Waals surface area contributed by atoms with Crippen molar-refractivity contribution in [2.45, 2.75) is 0 Å². The quantitative estimate of drug-likeness (QED) is 0.130. The van der Waals surface area contributed by atoms with Crippen LogP contribution in [0.4, 0.5) is 0 Å². The molecule has 272 valence electrons. The molecule has 0 unspecified atom stereocenters. The zero-order chi connectivity index (χ0) is 39.0. The van der Waals surface area contributed by atoms with Gasteiger partial charge in [-0.25, -0.2) is 0 Å². The van der Waals surface area contributed by atoms with Crippen LogP contribution in [0.15, 0.2) is 200 Å². The molecule has 12 aromatic rings. The smallest absolute Gasteiger partial charge is 0.0998 e. The van der Waals surface area contributed by atoms with Crippen LogP contribution in [0, 0.1) is 11.3 Å². The molecule has 3 heteroatoms. The van der Waals surface area contributed by atoms with Crippen LogP contribution in [0.5, 0.6) is 0 Å². The Bertz CT molecular complexity index is 3650. The van der Waals surface area contributed by atoms with E-state index >= 15 is 0 Å². The summed E-state index contributed by atoms with van der Waals surface area (Å²) in [7, 11) is 0. The van der Waals surface area contributed by atoms with Crippen LogP contribution in [-0.4, -0.2) is 9.55 Å². The number of hydrogen-bond donors (Lipinski definition) is 0. The van der Waals surface area contributed by atoms with Gasteiger partial charge in [-0.2, -0.15) is 5.26 Å². The maximum atomic E-state index is 10.2. The minimum atomic E-state index is 0.690. The first-order chi connectivity index (χ1) is 29.2. The van der Waals surface area contributed by atoms with E-state index in [1.165, 1.54) is 54.6 Å². The Hall–Kier alpha value is -8.06. The highest BCUT2D eigenvalue weighted by Gasteiger charge is 2.23. The second kappa shape index (κ2) is 13.0. The molecule has 59 heavy (non-hydrogen) atoms. The number of para-hydroxylation sites is 2. The van der Waals surface area contributed by atoms with Crippen LogP contribution >= 0.6 is 0 Å². The summed E-state index contributed by atoms with van der Waals surface area (Å²) in [6.07, 6.45) is 1.88. The number of pyridine rings is 1. The molecular weight excluding hydrogens is 715 g/mol. The fourth-order valence-electron chi connectivity index (χ4n) is 9.69. The van der Waals surface area contributed by atoms with Gasteiger partial charge >= 0.3 is 0 Å². The highest BCUT2D eigenvalue weighted by Crippen LogP contribution is 2.48. The van der Waals surface area contributed by atoms with Crippen molar-refractivity contribution < 1.29 is 0 Å². The Morgan fingerprint density at radius 2 is 0.966 bits per heavy atom. The SMILES string of the molecule is N#Cc1ccc2c3c1ccc1c(-c4ccc5c(-c6ccccc6)c6cc(-c7cccc8cccnc78)ccc6c(-c6ccccc6)c5c4)ccc(c13)n2-c1ccccc1. The predicted molar refractivity (Wildman–Crippen MR) is 246 cm³/mol. The summed E-state index contributed by atoms with van der Waals surface area (Å²) in [5, 5.41) is 20.6. The molecule has 10 aromatic carbocycles. The largest absolute Gasteiger partial charge is 0.309 e. The zero-order valence-electron chi connectivity index (χ0n) is 31.9. The van der Waals surface area contributed by atoms with Crippen LogP contribution in [-0.2, 0) is 0 Å². The summed E-state index contributed by atoms with van der Waals surface area (Å²) < 4.78 is 2.34. The van der Waals surface area contributed by atoms with Crippen molar-refractivity contribution in [1.29, 1.82) is 5.26 Å². The maximum Gasteiger partial charge on any atom is 0.0998 e. The predicted octanol–water partition coefficient (Wildman–Crippen LogP) is 14.8. The molecule has 2 aromatic heterocycles. The lowest BCUT2D eigenvalue weighted by Crippen LogP contribution is -1.94. The lowest BCUT2D eigenvalue weighted by Gasteiger charge is -2.20. The molecule has 0 atom stereocenters. The molecular formula is C56H33N3. The van der Waals surface area contributed by atoms with Crippen molar-refractivity contribution in [2.24, 2.45) is 0 Å². The van der Waals surface area contributed by atoms with Gasteiger partial charge < -0.3 is 4.57 Å². The van der Waals surface area contributed by atoms with Gasteiger partial charge in [-0.3, -0.25) is 4.98 Å². The van der Waals surface area contributed by atoms with Gasteiger partial charge in [-0.05, 0) is 114 Å². The van der Waals surface area contributed by atoms with Crippen molar-refractivity contribution in [2.75, 3.05) is 0 Å². The molecule has 0 amide bonds. The maximum absolute atomic E-state index is 10.2. The second-order valence-corrected chi connectivity index (χ2v) is 15.3. The first kappa shape index (κ1) is 33.1. The van der Waals surface area contributed by atoms with E-state index in [2.05, 4.69) is 193 Å². The number of rotatable bonds is 5. The average Bonchev–Trinajstić information content (AvgIpc) is 3.65. The van der Waals surface area contributed by atoms with Gasteiger partial charge in [0, 0.05) is 39.0 Å². The van der Waals surface area contributed by atoms with Gasteiger partial charge in [-0.1, -0.05) is 146 Å². The van der Waals surface area contributed by atoms with E-state index in [0.29, 0.717) is 5.56 Å². The Kier molecular flexibility index (Phi) is 7.29. The van der Waals surface area contributed by atoms with Crippen LogP contribution in [0.25, 0.3) is 115 Å². The van der Waals surface area contributed by atoms with E-state index in [1.54, 1.807) is 0 Å². The van der Waals surface area contributed by atoms with Crippen LogP contribution in [0.3, 0.4) is 0 Å².